The highest BCUT2D eigenvalue weighted by atomic mass is 35.5. The first-order chi connectivity index (χ1) is 13.9. The zero-order valence-electron chi connectivity index (χ0n) is 15.7. The van der Waals surface area contributed by atoms with E-state index in [2.05, 4.69) is 10.6 Å². The fourth-order valence-electron chi connectivity index (χ4n) is 3.19. The van der Waals surface area contributed by atoms with Gasteiger partial charge in [-0.2, -0.15) is 0 Å². The molecule has 4 N–H and O–H groups in total. The summed E-state index contributed by atoms with van der Waals surface area (Å²) in [7, 11) is 0. The average molecular weight is 435 g/mol. The number of amides is 3. The minimum atomic E-state index is -0.710. The van der Waals surface area contributed by atoms with Gasteiger partial charge in [0, 0.05) is 23.7 Å². The Morgan fingerprint density at radius 3 is 2.62 bits per heavy atom. The Labute approximate surface area is 178 Å². The molecule has 0 aliphatic carbocycles. The summed E-state index contributed by atoms with van der Waals surface area (Å²) in [4.78, 5) is 39.6. The van der Waals surface area contributed by atoms with Crippen molar-refractivity contribution >= 4 is 52.3 Å². The Morgan fingerprint density at radius 2 is 1.97 bits per heavy atom. The SMILES string of the molecule is CCC1C(=O)Nc2cc(C(=O)NCCN)ccc2N1C(=O)c1ccc(Cl)cc1Cl. The van der Waals surface area contributed by atoms with Crippen molar-refractivity contribution in [2.24, 2.45) is 5.73 Å². The highest BCUT2D eigenvalue weighted by Crippen LogP contribution is 2.36. The van der Waals surface area contributed by atoms with Crippen molar-refractivity contribution in [3.63, 3.8) is 0 Å². The van der Waals surface area contributed by atoms with Gasteiger partial charge in [0.2, 0.25) is 5.91 Å². The smallest absolute Gasteiger partial charge is 0.260 e. The van der Waals surface area contributed by atoms with E-state index in [-0.39, 0.29) is 22.4 Å². The molecule has 3 rings (SSSR count). The number of carbonyl (C=O) groups excluding carboxylic acids is 3. The van der Waals surface area contributed by atoms with E-state index in [0.29, 0.717) is 41.5 Å². The summed E-state index contributed by atoms with van der Waals surface area (Å²) in [5, 5.41) is 6.06. The lowest BCUT2D eigenvalue weighted by Crippen LogP contribution is -2.50. The molecule has 0 radical (unpaired) electrons. The number of anilines is 2. The van der Waals surface area contributed by atoms with Crippen molar-refractivity contribution < 1.29 is 14.4 Å². The number of nitrogens with two attached hydrogens (primary N) is 1. The van der Waals surface area contributed by atoms with Gasteiger partial charge in [0.1, 0.15) is 6.04 Å². The van der Waals surface area contributed by atoms with Gasteiger partial charge in [0.05, 0.1) is 22.0 Å². The van der Waals surface area contributed by atoms with Gasteiger partial charge in [0.15, 0.2) is 0 Å². The molecule has 3 amide bonds. The molecule has 1 atom stereocenters. The molecule has 7 nitrogen and oxygen atoms in total. The van der Waals surface area contributed by atoms with E-state index < -0.39 is 11.9 Å². The largest absolute Gasteiger partial charge is 0.351 e. The third-order valence-corrected chi connectivity index (χ3v) is 5.14. The lowest BCUT2D eigenvalue weighted by atomic mass is 10.0. The van der Waals surface area contributed by atoms with Gasteiger partial charge < -0.3 is 16.4 Å². The van der Waals surface area contributed by atoms with E-state index in [9.17, 15) is 14.4 Å². The van der Waals surface area contributed by atoms with Crippen LogP contribution in [0.1, 0.15) is 34.1 Å². The maximum Gasteiger partial charge on any atom is 0.260 e. The summed E-state index contributed by atoms with van der Waals surface area (Å²) >= 11 is 12.1. The minimum Gasteiger partial charge on any atom is -0.351 e. The third-order valence-electron chi connectivity index (χ3n) is 4.59. The molecule has 152 valence electrons. The van der Waals surface area contributed by atoms with Crippen LogP contribution in [0.2, 0.25) is 10.0 Å². The van der Waals surface area contributed by atoms with Gasteiger partial charge in [-0.15, -0.1) is 0 Å². The molecule has 0 fully saturated rings. The molecule has 0 saturated heterocycles. The molecule has 0 saturated carbocycles. The van der Waals surface area contributed by atoms with Gasteiger partial charge in [-0.1, -0.05) is 30.1 Å². The second-order valence-electron chi connectivity index (χ2n) is 6.49. The molecule has 0 bridgehead atoms. The van der Waals surface area contributed by atoms with Gasteiger partial charge >= 0.3 is 0 Å². The van der Waals surface area contributed by atoms with Gasteiger partial charge in [-0.3, -0.25) is 19.3 Å². The summed E-state index contributed by atoms with van der Waals surface area (Å²) in [5.74, 6) is -1.07. The molecule has 0 aromatic heterocycles. The number of halogens is 2. The van der Waals surface area contributed by atoms with E-state index >= 15 is 0 Å². The summed E-state index contributed by atoms with van der Waals surface area (Å²) in [6.45, 7) is 2.46. The molecular formula is C20H20Cl2N4O3. The predicted octanol–water partition coefficient (Wildman–Crippen LogP) is 3.06. The summed E-state index contributed by atoms with van der Waals surface area (Å²) in [5.41, 5.74) is 6.86. The van der Waals surface area contributed by atoms with Crippen molar-refractivity contribution in [3.05, 3.63) is 57.6 Å². The Morgan fingerprint density at radius 1 is 1.21 bits per heavy atom. The van der Waals surface area contributed by atoms with Crippen LogP contribution in [-0.4, -0.2) is 36.9 Å². The normalized spacial score (nSPS) is 15.5. The number of carbonyl (C=O) groups is 3. The number of rotatable bonds is 5. The first-order valence-electron chi connectivity index (χ1n) is 9.09. The highest BCUT2D eigenvalue weighted by Gasteiger charge is 2.37. The lowest BCUT2D eigenvalue weighted by molar-refractivity contribution is -0.117. The van der Waals surface area contributed by atoms with Crippen LogP contribution in [0.5, 0.6) is 0 Å². The third kappa shape index (κ3) is 4.22. The summed E-state index contributed by atoms with van der Waals surface area (Å²) in [6.07, 6.45) is 0.404. The zero-order chi connectivity index (χ0) is 21.1. The second kappa shape index (κ2) is 8.82. The van der Waals surface area contributed by atoms with Crippen molar-refractivity contribution in [2.75, 3.05) is 23.3 Å². The van der Waals surface area contributed by atoms with Crippen molar-refractivity contribution in [3.8, 4) is 0 Å². The van der Waals surface area contributed by atoms with Crippen LogP contribution < -0.4 is 21.3 Å². The number of hydrogen-bond acceptors (Lipinski definition) is 4. The first-order valence-corrected chi connectivity index (χ1v) is 9.84. The topological polar surface area (TPSA) is 105 Å². The van der Waals surface area contributed by atoms with Crippen LogP contribution in [0.3, 0.4) is 0 Å². The number of nitrogens with zero attached hydrogens (tertiary/aromatic N) is 1. The van der Waals surface area contributed by atoms with Crippen LogP contribution in [0.15, 0.2) is 36.4 Å². The van der Waals surface area contributed by atoms with Crippen LogP contribution in [0, 0.1) is 0 Å². The molecular weight excluding hydrogens is 415 g/mol. The Bertz CT molecular complexity index is 980. The molecule has 0 spiro atoms. The molecule has 1 aliphatic rings. The first kappa shape index (κ1) is 21.1. The average Bonchev–Trinajstić information content (AvgIpc) is 2.70. The van der Waals surface area contributed by atoms with Crippen LogP contribution >= 0.6 is 23.2 Å². The van der Waals surface area contributed by atoms with E-state index in [4.69, 9.17) is 28.9 Å². The van der Waals surface area contributed by atoms with Crippen LogP contribution in [-0.2, 0) is 4.79 Å². The Balaban J connectivity index is 2.03. The molecule has 9 heteroatoms. The number of hydrogen-bond donors (Lipinski definition) is 3. The fraction of sp³-hybridized carbons (Fsp3) is 0.250. The van der Waals surface area contributed by atoms with Gasteiger partial charge in [0.25, 0.3) is 11.8 Å². The fourth-order valence-corrected chi connectivity index (χ4v) is 3.68. The second-order valence-corrected chi connectivity index (χ2v) is 7.33. The van der Waals surface area contributed by atoms with Gasteiger partial charge in [-0.05, 0) is 42.8 Å². The Kier molecular flexibility index (Phi) is 6.42. The highest BCUT2D eigenvalue weighted by molar-refractivity contribution is 6.37. The van der Waals surface area contributed by atoms with E-state index in [1.54, 1.807) is 18.2 Å². The molecule has 29 heavy (non-hydrogen) atoms. The van der Waals surface area contributed by atoms with E-state index in [1.807, 2.05) is 6.92 Å². The van der Waals surface area contributed by atoms with Crippen molar-refractivity contribution in [1.82, 2.24) is 5.32 Å². The standard InChI is InChI=1S/C20H20Cl2N4O3/c1-2-16-19(28)25-15-9-11(18(27)24-8-7-23)3-6-17(15)26(16)20(29)13-5-4-12(21)10-14(13)22/h3-6,9-10,16H,2,7-8,23H2,1H3,(H,24,27)(H,25,28). The summed E-state index contributed by atoms with van der Waals surface area (Å²) in [6, 6.07) is 8.63. The maximum atomic E-state index is 13.3. The predicted molar refractivity (Wildman–Crippen MR) is 114 cm³/mol. The zero-order valence-corrected chi connectivity index (χ0v) is 17.2. The number of benzene rings is 2. The van der Waals surface area contributed by atoms with Crippen molar-refractivity contribution in [2.45, 2.75) is 19.4 Å². The van der Waals surface area contributed by atoms with Crippen LogP contribution in [0.25, 0.3) is 0 Å². The maximum absolute atomic E-state index is 13.3. The molecule has 1 unspecified atom stereocenters. The molecule has 1 heterocycles. The molecule has 1 aliphatic heterocycles. The van der Waals surface area contributed by atoms with Crippen LogP contribution in [0.4, 0.5) is 11.4 Å². The van der Waals surface area contributed by atoms with E-state index in [1.165, 1.54) is 23.1 Å². The molecule has 2 aromatic rings. The van der Waals surface area contributed by atoms with E-state index in [0.717, 1.165) is 0 Å². The minimum absolute atomic E-state index is 0.197. The lowest BCUT2D eigenvalue weighted by Gasteiger charge is -2.36. The number of fused-ring (bicyclic) bond motifs is 1. The quantitative estimate of drug-likeness (QED) is 0.672. The Hall–Kier alpha value is -2.61. The molecule has 2 aromatic carbocycles. The monoisotopic (exact) mass is 434 g/mol. The number of nitrogens with one attached hydrogen (secondary N) is 2. The summed E-state index contributed by atoms with van der Waals surface area (Å²) < 4.78 is 0. The van der Waals surface area contributed by atoms with Crippen molar-refractivity contribution in [1.29, 1.82) is 0 Å². The van der Waals surface area contributed by atoms with Gasteiger partial charge in [-0.25, -0.2) is 0 Å².